The monoisotopic (exact) mass is 756 g/mol. The maximum Gasteiger partial charge on any atom is 0.338 e. The molecule has 2 aliphatic rings. The van der Waals surface area contributed by atoms with Gasteiger partial charge in [-0.1, -0.05) is 30.1 Å². The Kier molecular flexibility index (Phi) is 7.95. The summed E-state index contributed by atoms with van der Waals surface area (Å²) in [6.45, 7) is 7.94. The van der Waals surface area contributed by atoms with Gasteiger partial charge in [0.15, 0.2) is 16.3 Å². The predicted molar refractivity (Wildman–Crippen MR) is 161 cm³/mol. The van der Waals surface area contributed by atoms with Crippen molar-refractivity contribution in [2.45, 2.75) is 19.9 Å². The van der Waals surface area contributed by atoms with Crippen LogP contribution in [-0.4, -0.2) is 30.5 Å². The minimum atomic E-state index is -0.725. The van der Waals surface area contributed by atoms with Gasteiger partial charge in [-0.3, -0.25) is 9.36 Å². The molecule has 0 amide bonds. The Morgan fingerprint density at radius 3 is 2.68 bits per heavy atom. The van der Waals surface area contributed by atoms with Crippen LogP contribution in [0.15, 0.2) is 64.0 Å². The highest BCUT2D eigenvalue weighted by atomic mass is 127. The van der Waals surface area contributed by atoms with Crippen molar-refractivity contribution in [1.29, 1.82) is 0 Å². The topological polar surface area (TPSA) is 88.3 Å². The van der Waals surface area contributed by atoms with Crippen LogP contribution < -0.4 is 29.1 Å². The van der Waals surface area contributed by atoms with Gasteiger partial charge in [0.25, 0.3) is 5.56 Å². The molecule has 1 unspecified atom stereocenters. The van der Waals surface area contributed by atoms with E-state index in [4.69, 9.17) is 18.9 Å². The van der Waals surface area contributed by atoms with Crippen LogP contribution >= 0.6 is 56.5 Å². The highest BCUT2D eigenvalue weighted by molar-refractivity contribution is 14.1. The highest BCUT2D eigenvalue weighted by Gasteiger charge is 2.34. The second-order valence-electron chi connectivity index (χ2n) is 8.33. The molecule has 38 heavy (non-hydrogen) atoms. The third-order valence-corrected chi connectivity index (χ3v) is 8.48. The maximum atomic E-state index is 13.9. The maximum absolute atomic E-state index is 13.9. The Labute approximate surface area is 249 Å². The average molecular weight is 756 g/mol. The third kappa shape index (κ3) is 5.02. The Bertz CT molecular complexity index is 1650. The van der Waals surface area contributed by atoms with Crippen LogP contribution in [0.3, 0.4) is 0 Å². The Morgan fingerprint density at radius 2 is 1.97 bits per heavy atom. The van der Waals surface area contributed by atoms with Gasteiger partial charge >= 0.3 is 5.97 Å². The van der Waals surface area contributed by atoms with Crippen molar-refractivity contribution in [3.8, 4) is 17.2 Å². The summed E-state index contributed by atoms with van der Waals surface area (Å²) in [6.07, 6.45) is 3.54. The van der Waals surface area contributed by atoms with E-state index in [-0.39, 0.29) is 19.0 Å². The van der Waals surface area contributed by atoms with Crippen molar-refractivity contribution in [3.05, 3.63) is 92.2 Å². The van der Waals surface area contributed by atoms with Crippen LogP contribution in [0, 0.1) is 7.14 Å². The standard InChI is InChI=1S/C27H22I2N2O6S/c1-4-8-35-24-17(28)9-15(10-18(24)29)11-21-25(32)31-23(16-6-7-19-20(12-16)37-13-36-19)22(26(33)34-5-2)14(3)30-27(31)38-21/h4,6-7,9-12,23H,1,5,8,13H2,2-3H3/b21-11-. The number of aromatic nitrogens is 1. The summed E-state index contributed by atoms with van der Waals surface area (Å²) in [5.74, 6) is 1.45. The van der Waals surface area contributed by atoms with Gasteiger partial charge in [0.1, 0.15) is 12.4 Å². The van der Waals surface area contributed by atoms with Crippen LogP contribution in [0.1, 0.15) is 31.0 Å². The van der Waals surface area contributed by atoms with Crippen LogP contribution in [0.2, 0.25) is 0 Å². The molecule has 2 aliphatic heterocycles. The molecule has 0 aliphatic carbocycles. The van der Waals surface area contributed by atoms with Crippen LogP contribution in [0.4, 0.5) is 0 Å². The molecule has 0 spiro atoms. The smallest absolute Gasteiger partial charge is 0.338 e. The van der Waals surface area contributed by atoms with E-state index in [1.807, 2.05) is 24.3 Å². The first-order valence-electron chi connectivity index (χ1n) is 11.6. The van der Waals surface area contributed by atoms with Gasteiger partial charge in [-0.2, -0.15) is 0 Å². The van der Waals surface area contributed by atoms with Crippen LogP contribution in [0.25, 0.3) is 6.08 Å². The lowest BCUT2D eigenvalue weighted by atomic mass is 9.95. The number of esters is 1. The minimum absolute atomic E-state index is 0.121. The summed E-state index contributed by atoms with van der Waals surface area (Å²) < 4.78 is 26.1. The molecule has 196 valence electrons. The van der Waals surface area contributed by atoms with E-state index < -0.39 is 12.0 Å². The normalized spacial score (nSPS) is 16.2. The molecular weight excluding hydrogens is 734 g/mol. The lowest BCUT2D eigenvalue weighted by molar-refractivity contribution is -0.139. The molecule has 11 heteroatoms. The minimum Gasteiger partial charge on any atom is -0.487 e. The number of nitrogens with zero attached hydrogens (tertiary/aromatic N) is 2. The zero-order valence-electron chi connectivity index (χ0n) is 20.5. The Morgan fingerprint density at radius 1 is 1.24 bits per heavy atom. The number of rotatable bonds is 7. The van der Waals surface area contributed by atoms with Gasteiger partial charge < -0.3 is 18.9 Å². The molecule has 0 saturated heterocycles. The SMILES string of the molecule is C=CCOc1c(I)cc(/C=c2\sc3n(c2=O)C(c2ccc4c(c2)OCO4)C(C(=O)OCC)=C(C)N=3)cc1I. The van der Waals surface area contributed by atoms with E-state index in [0.29, 0.717) is 44.3 Å². The number of hydrogen-bond acceptors (Lipinski definition) is 8. The molecule has 8 nitrogen and oxygen atoms in total. The fraction of sp³-hybridized carbons (Fsp3) is 0.222. The van der Waals surface area contributed by atoms with E-state index in [0.717, 1.165) is 18.5 Å². The molecule has 2 aromatic carbocycles. The van der Waals surface area contributed by atoms with Gasteiger partial charge in [0.05, 0.1) is 35.6 Å². The Hall–Kier alpha value is -2.65. The zero-order chi connectivity index (χ0) is 27.0. The molecule has 1 atom stereocenters. The van der Waals surface area contributed by atoms with Crippen molar-refractivity contribution in [1.82, 2.24) is 4.57 Å². The summed E-state index contributed by atoms with van der Waals surface area (Å²) in [4.78, 5) is 32.1. The largest absolute Gasteiger partial charge is 0.487 e. The third-order valence-electron chi connectivity index (χ3n) is 5.89. The van der Waals surface area contributed by atoms with Crippen molar-refractivity contribution >= 4 is 68.6 Å². The second-order valence-corrected chi connectivity index (χ2v) is 11.7. The molecule has 1 aromatic heterocycles. The van der Waals surface area contributed by atoms with Crippen molar-refractivity contribution in [2.75, 3.05) is 20.0 Å². The first-order valence-corrected chi connectivity index (χ1v) is 14.6. The average Bonchev–Trinajstić information content (AvgIpc) is 3.46. The number of ether oxygens (including phenoxy) is 4. The first-order chi connectivity index (χ1) is 18.3. The van der Waals surface area contributed by atoms with E-state index >= 15 is 0 Å². The number of thiazole rings is 1. The molecule has 0 fully saturated rings. The van der Waals surface area contributed by atoms with E-state index in [1.165, 1.54) is 11.3 Å². The molecule has 5 rings (SSSR count). The number of allylic oxidation sites excluding steroid dienone is 1. The molecule has 3 heterocycles. The molecule has 0 radical (unpaired) electrons. The number of fused-ring (bicyclic) bond motifs is 2. The predicted octanol–water partition coefficient (Wildman–Crippen LogP) is 4.30. The number of carbonyl (C=O) groups excluding carboxylic acids is 1. The summed E-state index contributed by atoms with van der Waals surface area (Å²) in [6, 6.07) is 8.62. The van der Waals surface area contributed by atoms with E-state index in [2.05, 4.69) is 56.8 Å². The summed E-state index contributed by atoms with van der Waals surface area (Å²) in [5.41, 5.74) is 2.13. The lowest BCUT2D eigenvalue weighted by Crippen LogP contribution is -2.39. The van der Waals surface area contributed by atoms with Gasteiger partial charge in [0.2, 0.25) is 6.79 Å². The number of benzene rings is 2. The first kappa shape index (κ1) is 26.9. The van der Waals surface area contributed by atoms with Crippen molar-refractivity contribution < 1.29 is 23.7 Å². The van der Waals surface area contributed by atoms with Crippen molar-refractivity contribution in [3.63, 3.8) is 0 Å². The molecule has 0 N–H and O–H groups in total. The fourth-order valence-corrected chi connectivity index (χ4v) is 7.46. The summed E-state index contributed by atoms with van der Waals surface area (Å²) in [7, 11) is 0. The highest BCUT2D eigenvalue weighted by Crippen LogP contribution is 2.38. The van der Waals surface area contributed by atoms with Gasteiger partial charge in [0, 0.05) is 0 Å². The van der Waals surface area contributed by atoms with Gasteiger partial charge in [-0.05, 0) is 100 Å². The molecule has 3 aromatic rings. The second kappa shape index (κ2) is 11.2. The number of hydrogen-bond donors (Lipinski definition) is 0. The van der Waals surface area contributed by atoms with Gasteiger partial charge in [-0.25, -0.2) is 9.79 Å². The number of halogens is 2. The Balaban J connectivity index is 1.66. The van der Waals surface area contributed by atoms with E-state index in [9.17, 15) is 9.59 Å². The molecular formula is C27H22I2N2O6S. The summed E-state index contributed by atoms with van der Waals surface area (Å²) in [5, 5.41) is 0. The van der Waals surface area contributed by atoms with Crippen molar-refractivity contribution in [2.24, 2.45) is 4.99 Å². The van der Waals surface area contributed by atoms with Gasteiger partial charge in [-0.15, -0.1) is 0 Å². The molecule has 0 bridgehead atoms. The summed E-state index contributed by atoms with van der Waals surface area (Å²) >= 11 is 5.72. The van der Waals surface area contributed by atoms with Crippen LogP contribution in [0.5, 0.6) is 17.2 Å². The fourth-order valence-electron chi connectivity index (χ4n) is 4.28. The van der Waals surface area contributed by atoms with E-state index in [1.54, 1.807) is 36.6 Å². The number of carbonyl (C=O) groups is 1. The van der Waals surface area contributed by atoms with Crippen LogP contribution in [-0.2, 0) is 9.53 Å². The quantitative estimate of drug-likeness (QED) is 0.203. The molecule has 0 saturated carbocycles. The zero-order valence-corrected chi connectivity index (χ0v) is 25.6. The lowest BCUT2D eigenvalue weighted by Gasteiger charge is -2.24.